The van der Waals surface area contributed by atoms with Crippen molar-refractivity contribution in [2.24, 2.45) is 11.7 Å². The summed E-state index contributed by atoms with van der Waals surface area (Å²) in [4.78, 5) is 29.5. The van der Waals surface area contributed by atoms with Crippen LogP contribution in [-0.4, -0.2) is 29.7 Å². The van der Waals surface area contributed by atoms with Gasteiger partial charge in [-0.1, -0.05) is 43.0 Å². The predicted molar refractivity (Wildman–Crippen MR) is 122 cm³/mol. The fourth-order valence-electron chi connectivity index (χ4n) is 4.89. The van der Waals surface area contributed by atoms with Crippen LogP contribution in [0.5, 0.6) is 0 Å². The molecule has 0 atom stereocenters. The van der Waals surface area contributed by atoms with Crippen molar-refractivity contribution >= 4 is 34.6 Å². The van der Waals surface area contributed by atoms with E-state index in [1.54, 1.807) is 23.5 Å². The van der Waals surface area contributed by atoms with Crippen molar-refractivity contribution in [1.29, 1.82) is 0 Å². The van der Waals surface area contributed by atoms with Crippen molar-refractivity contribution in [3.05, 3.63) is 55.7 Å². The van der Waals surface area contributed by atoms with E-state index >= 15 is 0 Å². The first-order valence-corrected chi connectivity index (χ1v) is 12.1. The number of halogens is 1. The second-order valence-corrected chi connectivity index (χ2v) is 10.3. The van der Waals surface area contributed by atoms with Gasteiger partial charge in [0.1, 0.15) is 5.78 Å². The molecule has 0 saturated heterocycles. The van der Waals surface area contributed by atoms with Crippen LogP contribution in [-0.2, 0) is 30.6 Å². The van der Waals surface area contributed by atoms with Gasteiger partial charge in [0.05, 0.1) is 5.56 Å². The Morgan fingerprint density at radius 2 is 1.83 bits per heavy atom. The normalized spacial score (nSPS) is 17.6. The van der Waals surface area contributed by atoms with Crippen LogP contribution in [0.25, 0.3) is 0 Å². The van der Waals surface area contributed by atoms with Crippen molar-refractivity contribution in [2.45, 2.75) is 57.9 Å². The summed E-state index contributed by atoms with van der Waals surface area (Å²) in [5.41, 5.74) is 8.37. The first-order valence-electron chi connectivity index (χ1n) is 10.9. The number of fused-ring (bicyclic) bond motifs is 1. The van der Waals surface area contributed by atoms with Gasteiger partial charge < -0.3 is 5.73 Å². The summed E-state index contributed by atoms with van der Waals surface area (Å²) >= 11 is 7.54. The quantitative estimate of drug-likeness (QED) is 0.667. The van der Waals surface area contributed by atoms with Crippen LogP contribution >= 0.6 is 22.9 Å². The number of ketones is 1. The summed E-state index contributed by atoms with van der Waals surface area (Å²) < 4.78 is 0. The predicted octanol–water partition coefficient (Wildman–Crippen LogP) is 4.79. The molecule has 1 saturated carbocycles. The van der Waals surface area contributed by atoms with Crippen molar-refractivity contribution in [2.75, 3.05) is 13.1 Å². The van der Waals surface area contributed by atoms with Gasteiger partial charge in [0.25, 0.3) is 0 Å². The Labute approximate surface area is 187 Å². The van der Waals surface area contributed by atoms with Gasteiger partial charge in [0.15, 0.2) is 0 Å². The maximum atomic E-state index is 12.7. The average Bonchev–Trinajstić information content (AvgIpc) is 3.07. The number of amides is 1. The third-order valence-corrected chi connectivity index (χ3v) is 7.84. The molecule has 2 aliphatic rings. The van der Waals surface area contributed by atoms with E-state index in [4.69, 9.17) is 17.3 Å². The molecule has 2 aromatic rings. The number of thiophene rings is 1. The van der Waals surface area contributed by atoms with Gasteiger partial charge in [-0.25, -0.2) is 0 Å². The zero-order chi connectivity index (χ0) is 21.1. The molecular weight excluding hydrogens is 416 g/mol. The number of rotatable bonds is 7. The third-order valence-electron chi connectivity index (χ3n) is 6.37. The molecule has 1 amide bonds. The van der Waals surface area contributed by atoms with Crippen molar-refractivity contribution in [3.8, 4) is 0 Å². The lowest BCUT2D eigenvalue weighted by Crippen LogP contribution is -2.35. The first kappa shape index (κ1) is 21.5. The van der Waals surface area contributed by atoms with Gasteiger partial charge in [-0.3, -0.25) is 14.5 Å². The van der Waals surface area contributed by atoms with Crippen LogP contribution in [0.1, 0.15) is 63.3 Å². The number of nitrogens with zero attached hydrogens (tertiary/aromatic N) is 1. The van der Waals surface area contributed by atoms with Crippen LogP contribution in [0, 0.1) is 5.92 Å². The van der Waals surface area contributed by atoms with Crippen LogP contribution in [0.4, 0.5) is 0 Å². The molecule has 0 unspecified atom stereocenters. The molecule has 2 heterocycles. The molecule has 0 radical (unpaired) electrons. The Morgan fingerprint density at radius 1 is 1.10 bits per heavy atom. The Kier molecular flexibility index (Phi) is 6.91. The van der Waals surface area contributed by atoms with E-state index in [1.807, 2.05) is 12.1 Å². The van der Waals surface area contributed by atoms with E-state index in [0.29, 0.717) is 17.0 Å². The monoisotopic (exact) mass is 444 g/mol. The van der Waals surface area contributed by atoms with E-state index in [0.717, 1.165) is 48.0 Å². The summed E-state index contributed by atoms with van der Waals surface area (Å²) in [6, 6.07) is 7.34. The van der Waals surface area contributed by atoms with Crippen molar-refractivity contribution in [1.82, 2.24) is 4.90 Å². The maximum absolute atomic E-state index is 12.7. The Hall–Kier alpha value is -1.69. The molecule has 1 aliphatic heterocycles. The summed E-state index contributed by atoms with van der Waals surface area (Å²) in [5.74, 6) is 0.497. The molecule has 0 spiro atoms. The molecule has 30 heavy (non-hydrogen) atoms. The number of hydrogen-bond donors (Lipinski definition) is 1. The second kappa shape index (κ2) is 9.63. The van der Waals surface area contributed by atoms with E-state index in [9.17, 15) is 9.59 Å². The van der Waals surface area contributed by atoms with Gasteiger partial charge in [-0.15, -0.1) is 11.3 Å². The molecule has 4 nitrogen and oxygen atoms in total. The van der Waals surface area contributed by atoms with Gasteiger partial charge >= 0.3 is 0 Å². The molecule has 160 valence electrons. The molecule has 1 aromatic heterocycles. The van der Waals surface area contributed by atoms with Crippen LogP contribution < -0.4 is 5.73 Å². The zero-order valence-corrected chi connectivity index (χ0v) is 18.9. The van der Waals surface area contributed by atoms with Crippen molar-refractivity contribution < 1.29 is 9.59 Å². The highest BCUT2D eigenvalue weighted by molar-refractivity contribution is 7.12. The first-order chi connectivity index (χ1) is 14.5. The fourth-order valence-corrected chi connectivity index (χ4v) is 6.44. The summed E-state index contributed by atoms with van der Waals surface area (Å²) in [5, 5.41) is 0.658. The van der Waals surface area contributed by atoms with Gasteiger partial charge in [0.2, 0.25) is 5.91 Å². The minimum Gasteiger partial charge on any atom is -0.366 e. The third kappa shape index (κ3) is 5.13. The highest BCUT2D eigenvalue weighted by Gasteiger charge is 2.28. The fraction of sp³-hybridized carbons (Fsp3) is 0.500. The van der Waals surface area contributed by atoms with Gasteiger partial charge in [0, 0.05) is 47.3 Å². The lowest BCUT2D eigenvalue weighted by atomic mass is 9.88. The maximum Gasteiger partial charge on any atom is 0.250 e. The zero-order valence-electron chi connectivity index (χ0n) is 17.3. The lowest BCUT2D eigenvalue weighted by Gasteiger charge is -2.32. The Morgan fingerprint density at radius 3 is 2.53 bits per heavy atom. The highest BCUT2D eigenvalue weighted by atomic mass is 35.5. The Bertz CT molecular complexity index is 916. The van der Waals surface area contributed by atoms with Crippen LogP contribution in [0.3, 0.4) is 0 Å². The number of carbonyl (C=O) groups is 2. The van der Waals surface area contributed by atoms with Crippen molar-refractivity contribution in [3.63, 3.8) is 0 Å². The molecule has 1 aliphatic carbocycles. The number of primary amides is 1. The number of carbonyl (C=O) groups excluding carboxylic acids is 2. The molecule has 4 rings (SSSR count). The molecular formula is C24H29ClN2O2S. The number of Topliss-reactive ketones (excluding diaryl/α,β-unsaturated/α-hetero) is 1. The molecule has 1 fully saturated rings. The SMILES string of the molecule is NC(=O)c1c(CC(=O)Cc2ccc(Cl)cc2)sc2c1CCN(CC1CCCCC1)C2. The molecule has 0 bridgehead atoms. The minimum absolute atomic E-state index is 0.0949. The molecule has 1 aromatic carbocycles. The molecule has 2 N–H and O–H groups in total. The summed E-state index contributed by atoms with van der Waals surface area (Å²) in [7, 11) is 0. The number of hydrogen-bond acceptors (Lipinski definition) is 4. The summed E-state index contributed by atoms with van der Waals surface area (Å²) in [6.07, 6.45) is 8.22. The van der Waals surface area contributed by atoms with Gasteiger partial charge in [-0.2, -0.15) is 0 Å². The number of benzene rings is 1. The molecule has 6 heteroatoms. The Balaban J connectivity index is 1.45. The van der Waals surface area contributed by atoms with E-state index < -0.39 is 5.91 Å². The number of nitrogens with two attached hydrogens (primary N) is 1. The highest BCUT2D eigenvalue weighted by Crippen LogP contribution is 2.35. The topological polar surface area (TPSA) is 63.4 Å². The summed E-state index contributed by atoms with van der Waals surface area (Å²) in [6.45, 7) is 2.99. The second-order valence-electron chi connectivity index (χ2n) is 8.67. The largest absolute Gasteiger partial charge is 0.366 e. The van der Waals surface area contributed by atoms with Gasteiger partial charge in [-0.05, 0) is 48.4 Å². The smallest absolute Gasteiger partial charge is 0.250 e. The van der Waals surface area contributed by atoms with E-state index in [1.165, 1.54) is 37.0 Å². The lowest BCUT2D eigenvalue weighted by molar-refractivity contribution is -0.117. The van der Waals surface area contributed by atoms with Crippen LogP contribution in [0.15, 0.2) is 24.3 Å². The van der Waals surface area contributed by atoms with Crippen LogP contribution in [0.2, 0.25) is 5.02 Å². The van der Waals surface area contributed by atoms with E-state index in [-0.39, 0.29) is 12.2 Å². The minimum atomic E-state index is -0.400. The van der Waals surface area contributed by atoms with E-state index in [2.05, 4.69) is 4.90 Å². The standard InChI is InChI=1S/C24H29ClN2O2S/c25-18-8-6-16(7-9-18)12-19(28)13-21-23(24(26)29)20-10-11-27(15-22(20)30-21)14-17-4-2-1-3-5-17/h6-9,17H,1-5,10-15H2,(H2,26,29). The average molecular weight is 445 g/mol.